The van der Waals surface area contributed by atoms with Crippen LogP contribution in [0.25, 0.3) is 5.57 Å². The average molecular weight is 316 g/mol. The van der Waals surface area contributed by atoms with E-state index in [4.69, 9.17) is 9.05 Å². The van der Waals surface area contributed by atoms with E-state index in [0.29, 0.717) is 18.5 Å². The van der Waals surface area contributed by atoms with Gasteiger partial charge in [0.1, 0.15) is 0 Å². The van der Waals surface area contributed by atoms with Gasteiger partial charge in [0.2, 0.25) is 0 Å². The van der Waals surface area contributed by atoms with E-state index in [1.54, 1.807) is 26.0 Å². The molecule has 0 radical (unpaired) electrons. The second kappa shape index (κ2) is 7.55. The van der Waals surface area contributed by atoms with Gasteiger partial charge in [-0.15, -0.1) is 0 Å². The molecule has 0 saturated carbocycles. The molecule has 3 nitrogen and oxygen atoms in total. The maximum Gasteiger partial charge on any atom is 0.361 e. The van der Waals surface area contributed by atoms with Gasteiger partial charge in [0.05, 0.1) is 18.5 Å². The van der Waals surface area contributed by atoms with Crippen LogP contribution in [-0.2, 0) is 13.6 Å². The van der Waals surface area contributed by atoms with Crippen molar-refractivity contribution in [2.24, 2.45) is 0 Å². The van der Waals surface area contributed by atoms with Gasteiger partial charge in [-0.05, 0) is 42.7 Å². The van der Waals surface area contributed by atoms with E-state index in [1.807, 2.05) is 42.5 Å². The van der Waals surface area contributed by atoms with Crippen LogP contribution in [0.1, 0.15) is 25.0 Å². The van der Waals surface area contributed by atoms with E-state index in [9.17, 15) is 4.57 Å². The molecule has 0 heterocycles. The lowest BCUT2D eigenvalue weighted by Gasteiger charge is -2.17. The fourth-order valence-electron chi connectivity index (χ4n) is 2.18. The van der Waals surface area contributed by atoms with Crippen LogP contribution in [0, 0.1) is 0 Å². The molecule has 0 aliphatic heterocycles. The fourth-order valence-corrected chi connectivity index (χ4v) is 3.74. The van der Waals surface area contributed by atoms with Gasteiger partial charge in [-0.3, -0.25) is 4.57 Å². The molecule has 0 spiro atoms. The molecule has 2 aromatic carbocycles. The molecule has 4 heteroatoms. The van der Waals surface area contributed by atoms with Gasteiger partial charge < -0.3 is 9.05 Å². The third-order valence-electron chi connectivity index (χ3n) is 3.25. The molecular formula is C18H21O3P. The largest absolute Gasteiger partial charge is 0.361 e. The van der Waals surface area contributed by atoms with Crippen LogP contribution < -0.4 is 5.30 Å². The van der Waals surface area contributed by atoms with Gasteiger partial charge in [0, 0.05) is 0 Å². The van der Waals surface area contributed by atoms with E-state index >= 15 is 0 Å². The lowest BCUT2D eigenvalue weighted by molar-refractivity contribution is 0.230. The summed E-state index contributed by atoms with van der Waals surface area (Å²) in [6.07, 6.45) is 0. The zero-order chi connectivity index (χ0) is 16.0. The van der Waals surface area contributed by atoms with Crippen molar-refractivity contribution in [1.82, 2.24) is 0 Å². The zero-order valence-electron chi connectivity index (χ0n) is 13.0. The van der Waals surface area contributed by atoms with Crippen molar-refractivity contribution in [2.45, 2.75) is 13.8 Å². The van der Waals surface area contributed by atoms with Crippen molar-refractivity contribution in [3.8, 4) is 0 Å². The van der Waals surface area contributed by atoms with Crippen molar-refractivity contribution in [1.29, 1.82) is 0 Å². The summed E-state index contributed by atoms with van der Waals surface area (Å²) >= 11 is 0. The molecule has 22 heavy (non-hydrogen) atoms. The Morgan fingerprint density at radius 2 is 1.41 bits per heavy atom. The Morgan fingerprint density at radius 1 is 0.909 bits per heavy atom. The first-order valence-electron chi connectivity index (χ1n) is 7.35. The molecule has 2 rings (SSSR count). The van der Waals surface area contributed by atoms with Crippen LogP contribution >= 0.6 is 7.60 Å². The van der Waals surface area contributed by atoms with Crippen LogP contribution in [0.3, 0.4) is 0 Å². The lowest BCUT2D eigenvalue weighted by atomic mass is 10.00. The lowest BCUT2D eigenvalue weighted by Crippen LogP contribution is -2.10. The van der Waals surface area contributed by atoms with Crippen molar-refractivity contribution >= 4 is 18.5 Å². The molecule has 0 unspecified atom stereocenters. The minimum Gasteiger partial charge on any atom is -0.305 e. The summed E-state index contributed by atoms with van der Waals surface area (Å²) in [5, 5.41) is 0.570. The highest BCUT2D eigenvalue weighted by Gasteiger charge is 2.26. The molecule has 116 valence electrons. The summed E-state index contributed by atoms with van der Waals surface area (Å²) in [5.74, 6) is 0. The second-order valence-corrected chi connectivity index (χ2v) is 6.75. The molecule has 0 atom stereocenters. The molecular weight excluding hydrogens is 295 g/mol. The third-order valence-corrected chi connectivity index (χ3v) is 5.38. The topological polar surface area (TPSA) is 35.5 Å². The maximum atomic E-state index is 12.7. The van der Waals surface area contributed by atoms with Crippen molar-refractivity contribution in [3.63, 3.8) is 0 Å². The summed E-state index contributed by atoms with van der Waals surface area (Å²) in [6.45, 7) is 8.42. The first-order chi connectivity index (χ1) is 10.6. The zero-order valence-corrected chi connectivity index (χ0v) is 13.9. The number of benzene rings is 2. The Balaban J connectivity index is 2.26. The van der Waals surface area contributed by atoms with Crippen LogP contribution in [-0.4, -0.2) is 13.2 Å². The molecule has 0 saturated heterocycles. The number of hydrogen-bond acceptors (Lipinski definition) is 3. The Labute approximate surface area is 132 Å². The predicted octanol–water partition coefficient (Wildman–Crippen LogP) is 4.64. The van der Waals surface area contributed by atoms with Crippen molar-refractivity contribution in [3.05, 3.63) is 72.3 Å². The van der Waals surface area contributed by atoms with E-state index < -0.39 is 7.60 Å². The van der Waals surface area contributed by atoms with Gasteiger partial charge in [0.25, 0.3) is 0 Å². The summed E-state index contributed by atoms with van der Waals surface area (Å²) in [7, 11) is -3.22. The minimum atomic E-state index is -3.22. The third kappa shape index (κ3) is 3.75. The molecule has 0 aliphatic rings. The summed E-state index contributed by atoms with van der Waals surface area (Å²) in [6, 6.07) is 17.3. The summed E-state index contributed by atoms with van der Waals surface area (Å²) in [5.41, 5.74) is 2.97. The average Bonchev–Trinajstić information content (AvgIpc) is 2.55. The van der Waals surface area contributed by atoms with E-state index in [0.717, 1.165) is 16.7 Å². The molecule has 0 aromatic heterocycles. The first-order valence-corrected chi connectivity index (χ1v) is 8.89. The molecule has 0 bridgehead atoms. The summed E-state index contributed by atoms with van der Waals surface area (Å²) < 4.78 is 23.4. The van der Waals surface area contributed by atoms with E-state index in [2.05, 4.69) is 6.58 Å². The van der Waals surface area contributed by atoms with E-state index in [1.165, 1.54) is 0 Å². The predicted molar refractivity (Wildman–Crippen MR) is 91.5 cm³/mol. The normalized spacial score (nSPS) is 11.4. The molecule has 0 fully saturated rings. The molecule has 0 amide bonds. The molecule has 0 N–H and O–H groups in total. The van der Waals surface area contributed by atoms with Gasteiger partial charge >= 0.3 is 7.60 Å². The maximum absolute atomic E-state index is 12.7. The Morgan fingerprint density at radius 3 is 1.91 bits per heavy atom. The SMILES string of the molecule is C=C(c1ccccc1)c1ccc(P(=O)(OCC)OCC)cc1. The fraction of sp³-hybridized carbons (Fsp3) is 0.222. The van der Waals surface area contributed by atoms with Crippen LogP contribution in [0.5, 0.6) is 0 Å². The van der Waals surface area contributed by atoms with Gasteiger partial charge in [-0.25, -0.2) is 0 Å². The quantitative estimate of drug-likeness (QED) is 0.698. The standard InChI is InChI=1S/C18H21O3P/c1-4-20-22(19,21-5-2)18-13-11-17(12-14-18)15(3)16-9-7-6-8-10-16/h6-14H,3-5H2,1-2H3. The highest BCUT2D eigenvalue weighted by molar-refractivity contribution is 7.62. The highest BCUT2D eigenvalue weighted by Crippen LogP contribution is 2.46. The Bertz CT molecular complexity index is 652. The van der Waals surface area contributed by atoms with Gasteiger partial charge in [0.15, 0.2) is 0 Å². The van der Waals surface area contributed by atoms with Crippen LogP contribution in [0.4, 0.5) is 0 Å². The van der Waals surface area contributed by atoms with Crippen molar-refractivity contribution < 1.29 is 13.6 Å². The number of hydrogen-bond donors (Lipinski definition) is 0. The Kier molecular flexibility index (Phi) is 5.73. The minimum absolute atomic E-state index is 0.343. The van der Waals surface area contributed by atoms with Gasteiger partial charge in [-0.1, -0.05) is 49.0 Å². The highest BCUT2D eigenvalue weighted by atomic mass is 31.2. The van der Waals surface area contributed by atoms with E-state index in [-0.39, 0.29) is 0 Å². The van der Waals surface area contributed by atoms with Crippen LogP contribution in [0.15, 0.2) is 61.2 Å². The van der Waals surface area contributed by atoms with Gasteiger partial charge in [-0.2, -0.15) is 0 Å². The first kappa shape index (κ1) is 16.7. The second-order valence-electron chi connectivity index (χ2n) is 4.72. The smallest absolute Gasteiger partial charge is 0.305 e. The molecule has 0 aliphatic carbocycles. The summed E-state index contributed by atoms with van der Waals surface area (Å²) in [4.78, 5) is 0. The Hall–Kier alpha value is -1.67. The number of rotatable bonds is 7. The van der Waals surface area contributed by atoms with Crippen molar-refractivity contribution in [2.75, 3.05) is 13.2 Å². The monoisotopic (exact) mass is 316 g/mol. The molecule has 2 aromatic rings. The van der Waals surface area contributed by atoms with Crippen LogP contribution in [0.2, 0.25) is 0 Å².